The summed E-state index contributed by atoms with van der Waals surface area (Å²) < 4.78 is 5.46. The summed E-state index contributed by atoms with van der Waals surface area (Å²) in [6.45, 7) is 0. The fraction of sp³-hybridized carbons (Fsp3) is 0.500. The van der Waals surface area contributed by atoms with Crippen LogP contribution in [-0.2, 0) is 9.53 Å². The molecule has 1 heterocycles. The van der Waals surface area contributed by atoms with Crippen LogP contribution in [0.4, 0.5) is 0 Å². The zero-order valence-corrected chi connectivity index (χ0v) is 8.31. The normalized spacial score (nSPS) is 29.9. The number of hydrogen-bond acceptors (Lipinski definition) is 4. The number of rotatable bonds is 1. The van der Waals surface area contributed by atoms with Gasteiger partial charge in [-0.3, -0.25) is 4.79 Å². The Hall–Kier alpha value is -0.0000000000000000763. The number of carbonyl (C=O) groups is 1. The minimum absolute atomic E-state index is 0.234. The van der Waals surface area contributed by atoms with E-state index in [1.54, 1.807) is 6.08 Å². The zero-order valence-electron chi connectivity index (χ0n) is 5.91. The summed E-state index contributed by atoms with van der Waals surface area (Å²) in [4.78, 5) is 11.0. The lowest BCUT2D eigenvalue weighted by molar-refractivity contribution is -0.140. The van der Waals surface area contributed by atoms with Gasteiger partial charge in [-0.25, -0.2) is 0 Å². The van der Waals surface area contributed by atoms with E-state index < -0.39 is 0 Å². The number of thioether (sulfide) groups is 1. The molecular weight excluding hydrogens is 230 g/mol. The number of halogens is 1. The van der Waals surface area contributed by atoms with Crippen LogP contribution in [0, 0.1) is 0 Å². The molecule has 2 unspecified atom stereocenters. The predicted octanol–water partition coefficient (Wildman–Crippen LogP) is 0.838. The minimum atomic E-state index is -0.283. The zero-order chi connectivity index (χ0) is 8.43. The lowest BCUT2D eigenvalue weighted by Gasteiger charge is -2.10. The third kappa shape index (κ3) is 1.98. The van der Waals surface area contributed by atoms with Crippen molar-refractivity contribution in [2.75, 3.05) is 7.11 Å². The van der Waals surface area contributed by atoms with E-state index in [4.69, 9.17) is 5.73 Å². The van der Waals surface area contributed by atoms with Crippen molar-refractivity contribution >= 4 is 33.7 Å². The SMILES string of the molecule is COC(=O)C1SC(Br)=CC1N. The largest absolute Gasteiger partial charge is 0.468 e. The van der Waals surface area contributed by atoms with Crippen molar-refractivity contribution in [3.05, 3.63) is 9.89 Å². The van der Waals surface area contributed by atoms with Gasteiger partial charge in [0.05, 0.1) is 7.11 Å². The van der Waals surface area contributed by atoms with Crippen molar-refractivity contribution in [1.29, 1.82) is 0 Å². The third-order valence-electron chi connectivity index (χ3n) is 1.35. The standard InChI is InChI=1S/C6H8BrNO2S/c1-10-6(9)5-3(8)2-4(7)11-5/h2-3,5H,8H2,1H3. The maximum Gasteiger partial charge on any atom is 0.321 e. The second kappa shape index (κ2) is 3.60. The van der Waals surface area contributed by atoms with Gasteiger partial charge in [0.2, 0.25) is 0 Å². The van der Waals surface area contributed by atoms with Gasteiger partial charge >= 0.3 is 5.97 Å². The van der Waals surface area contributed by atoms with E-state index >= 15 is 0 Å². The Bertz CT molecular complexity index is 207. The molecule has 2 atom stereocenters. The molecular formula is C6H8BrNO2S. The molecule has 3 nitrogen and oxygen atoms in total. The number of methoxy groups -OCH3 is 1. The molecule has 0 saturated heterocycles. The highest BCUT2D eigenvalue weighted by molar-refractivity contribution is 9.14. The summed E-state index contributed by atoms with van der Waals surface area (Å²) in [5, 5.41) is -0.283. The Labute approximate surface area is 77.5 Å². The van der Waals surface area contributed by atoms with Gasteiger partial charge in [0.15, 0.2) is 0 Å². The molecule has 5 heteroatoms. The summed E-state index contributed by atoms with van der Waals surface area (Å²) in [6, 6.07) is -0.234. The van der Waals surface area contributed by atoms with Crippen molar-refractivity contribution in [3.8, 4) is 0 Å². The monoisotopic (exact) mass is 237 g/mol. The predicted molar refractivity (Wildman–Crippen MR) is 48.4 cm³/mol. The maximum atomic E-state index is 11.0. The molecule has 1 aliphatic rings. The lowest BCUT2D eigenvalue weighted by Crippen LogP contribution is -2.34. The van der Waals surface area contributed by atoms with E-state index in [1.807, 2.05) is 0 Å². The molecule has 11 heavy (non-hydrogen) atoms. The van der Waals surface area contributed by atoms with Crippen LogP contribution in [0.15, 0.2) is 9.89 Å². The van der Waals surface area contributed by atoms with Gasteiger partial charge in [0.1, 0.15) is 5.25 Å². The topological polar surface area (TPSA) is 52.3 Å². The van der Waals surface area contributed by atoms with Gasteiger partial charge in [-0.15, -0.1) is 11.8 Å². The van der Waals surface area contributed by atoms with Crippen LogP contribution in [0.2, 0.25) is 0 Å². The molecule has 0 spiro atoms. The second-order valence-corrected chi connectivity index (χ2v) is 4.67. The number of hydrogen-bond donors (Lipinski definition) is 1. The molecule has 62 valence electrons. The van der Waals surface area contributed by atoms with Crippen LogP contribution in [0.25, 0.3) is 0 Å². The van der Waals surface area contributed by atoms with Crippen molar-refractivity contribution in [1.82, 2.24) is 0 Å². The average molecular weight is 238 g/mol. The van der Waals surface area contributed by atoms with Gasteiger partial charge in [-0.05, 0) is 22.0 Å². The van der Waals surface area contributed by atoms with Crippen molar-refractivity contribution in [2.24, 2.45) is 5.73 Å². The Balaban J connectivity index is 2.59. The van der Waals surface area contributed by atoms with Gasteiger partial charge in [-0.2, -0.15) is 0 Å². The third-order valence-corrected chi connectivity index (χ3v) is 3.29. The van der Waals surface area contributed by atoms with E-state index in [9.17, 15) is 4.79 Å². The van der Waals surface area contributed by atoms with Crippen molar-refractivity contribution < 1.29 is 9.53 Å². The summed E-state index contributed by atoms with van der Waals surface area (Å²) in [5.74, 6) is -0.270. The highest BCUT2D eigenvalue weighted by Gasteiger charge is 2.31. The molecule has 0 aromatic heterocycles. The Kier molecular flexibility index (Phi) is 2.98. The van der Waals surface area contributed by atoms with Gasteiger partial charge in [0, 0.05) is 9.86 Å². The van der Waals surface area contributed by atoms with Gasteiger partial charge in [0.25, 0.3) is 0 Å². The summed E-state index contributed by atoms with van der Waals surface area (Å²) in [7, 11) is 1.36. The molecule has 0 bridgehead atoms. The van der Waals surface area contributed by atoms with Crippen LogP contribution < -0.4 is 5.73 Å². The summed E-state index contributed by atoms with van der Waals surface area (Å²) in [6.07, 6.45) is 1.80. The van der Waals surface area contributed by atoms with E-state index in [1.165, 1.54) is 18.9 Å². The van der Waals surface area contributed by atoms with Crippen LogP contribution in [0.1, 0.15) is 0 Å². The molecule has 0 amide bonds. The molecule has 0 saturated carbocycles. The fourth-order valence-electron chi connectivity index (χ4n) is 0.799. The quantitative estimate of drug-likeness (QED) is 0.688. The lowest BCUT2D eigenvalue weighted by atomic mass is 10.2. The number of carbonyl (C=O) groups excluding carboxylic acids is 1. The Morgan fingerprint density at radius 1 is 1.91 bits per heavy atom. The molecule has 0 aliphatic carbocycles. The first-order valence-corrected chi connectivity index (χ1v) is 4.70. The van der Waals surface area contributed by atoms with Crippen LogP contribution in [0.3, 0.4) is 0 Å². The Morgan fingerprint density at radius 2 is 2.55 bits per heavy atom. The van der Waals surface area contributed by atoms with Crippen molar-refractivity contribution in [2.45, 2.75) is 11.3 Å². The maximum absolute atomic E-state index is 11.0. The highest BCUT2D eigenvalue weighted by atomic mass is 79.9. The van der Waals surface area contributed by atoms with E-state index in [2.05, 4.69) is 20.7 Å². The molecule has 0 fully saturated rings. The highest BCUT2D eigenvalue weighted by Crippen LogP contribution is 2.35. The van der Waals surface area contributed by atoms with E-state index in [0.29, 0.717) is 0 Å². The first-order valence-electron chi connectivity index (χ1n) is 3.02. The second-order valence-electron chi connectivity index (χ2n) is 2.11. The molecule has 0 radical (unpaired) electrons. The first kappa shape index (κ1) is 9.09. The van der Waals surface area contributed by atoms with Gasteiger partial charge < -0.3 is 10.5 Å². The van der Waals surface area contributed by atoms with Crippen LogP contribution in [0.5, 0.6) is 0 Å². The number of esters is 1. The fourth-order valence-corrected chi connectivity index (χ4v) is 2.62. The minimum Gasteiger partial charge on any atom is -0.468 e. The van der Waals surface area contributed by atoms with E-state index in [0.717, 1.165) is 3.81 Å². The van der Waals surface area contributed by atoms with E-state index in [-0.39, 0.29) is 17.3 Å². The van der Waals surface area contributed by atoms with Crippen LogP contribution in [-0.4, -0.2) is 24.4 Å². The van der Waals surface area contributed by atoms with Crippen LogP contribution >= 0.6 is 27.7 Å². The summed E-state index contributed by atoms with van der Waals surface area (Å²) in [5.41, 5.74) is 5.62. The molecule has 1 aliphatic heterocycles. The van der Waals surface area contributed by atoms with Crippen molar-refractivity contribution in [3.63, 3.8) is 0 Å². The summed E-state index contributed by atoms with van der Waals surface area (Å²) >= 11 is 4.64. The Morgan fingerprint density at radius 3 is 2.91 bits per heavy atom. The molecule has 2 N–H and O–H groups in total. The average Bonchev–Trinajstić information content (AvgIpc) is 2.28. The molecule has 0 aromatic carbocycles. The molecule has 0 aromatic rings. The smallest absolute Gasteiger partial charge is 0.321 e. The first-order chi connectivity index (χ1) is 5.15. The number of ether oxygens (including phenoxy) is 1. The number of nitrogens with two attached hydrogens (primary N) is 1. The van der Waals surface area contributed by atoms with Gasteiger partial charge in [-0.1, -0.05) is 0 Å². The molecule has 1 rings (SSSR count).